The number of carbonyl (C=O) groups is 3. The van der Waals surface area contributed by atoms with Gasteiger partial charge >= 0.3 is 6.09 Å². The summed E-state index contributed by atoms with van der Waals surface area (Å²) in [5.41, 5.74) is 4.62. The number of aromatic amines is 1. The lowest BCUT2D eigenvalue weighted by molar-refractivity contribution is -0.136. The summed E-state index contributed by atoms with van der Waals surface area (Å²) >= 11 is 1.76. The van der Waals surface area contributed by atoms with Gasteiger partial charge in [0, 0.05) is 24.7 Å². The van der Waals surface area contributed by atoms with Gasteiger partial charge in [0.15, 0.2) is 0 Å². The molecule has 3 amide bonds. The molecule has 0 aliphatic carbocycles. The van der Waals surface area contributed by atoms with Crippen molar-refractivity contribution < 1.29 is 19.1 Å². The fraction of sp³-hybridized carbons (Fsp3) is 0.371. The molecule has 3 N–H and O–H groups in total. The fourth-order valence-corrected chi connectivity index (χ4v) is 7.74. The summed E-state index contributed by atoms with van der Waals surface area (Å²) in [7, 11) is 2.95. The predicted molar refractivity (Wildman–Crippen MR) is 178 cm³/mol. The smallest absolute Gasteiger partial charge is 0.407 e. The molecule has 2 fully saturated rings. The number of hydrogen-bond donors (Lipinski definition) is 3. The molecule has 3 aromatic carbocycles. The number of piperidine rings is 1. The van der Waals surface area contributed by atoms with E-state index in [0.29, 0.717) is 12.1 Å². The number of imidazole rings is 1. The Labute approximate surface area is 267 Å². The van der Waals surface area contributed by atoms with Crippen LogP contribution in [0, 0.1) is 11.8 Å². The number of thioether (sulfide) groups is 1. The molecule has 4 atom stereocenters. The van der Waals surface area contributed by atoms with Crippen LogP contribution in [0.5, 0.6) is 0 Å². The molecule has 0 radical (unpaired) electrons. The summed E-state index contributed by atoms with van der Waals surface area (Å²) in [6.45, 7) is 6.76. The fourth-order valence-electron chi connectivity index (χ4n) is 6.24. The minimum absolute atomic E-state index is 0.0315. The molecule has 2 saturated heterocycles. The quantitative estimate of drug-likeness (QED) is 0.202. The number of methoxy groups -OCH3 is 1. The van der Waals surface area contributed by atoms with E-state index in [1.165, 1.54) is 7.11 Å². The topological polar surface area (TPSA) is 116 Å². The van der Waals surface area contributed by atoms with Crippen molar-refractivity contribution in [1.29, 1.82) is 0 Å². The third kappa shape index (κ3) is 5.79. The first-order chi connectivity index (χ1) is 21.6. The standard InChI is InChI=1S/C35H39N5O4S/c1-20(2)21(3)29(39-34(43)44-5)31(42)40-15-7-14-35(33(40)45-35)32-37-19-28(38-32)26-13-12-24-16-23(10-11-25(24)17-26)22-8-6-9-27(18-22)30(41)36-4/h6,8-13,16-21,29,33H,7,14-15H2,1-5H3,(H,36,41)(H,37,38)(H,39,43). The third-order valence-corrected chi connectivity index (χ3v) is 11.0. The number of ether oxygens (including phenoxy) is 1. The van der Waals surface area contributed by atoms with E-state index < -0.39 is 12.1 Å². The Morgan fingerprint density at radius 1 is 1.02 bits per heavy atom. The van der Waals surface area contributed by atoms with Crippen molar-refractivity contribution >= 4 is 40.4 Å². The van der Waals surface area contributed by atoms with Crippen LogP contribution in [0.15, 0.2) is 66.9 Å². The lowest BCUT2D eigenvalue weighted by Gasteiger charge is -2.35. The van der Waals surface area contributed by atoms with Crippen LogP contribution in [-0.4, -0.2) is 64.9 Å². The van der Waals surface area contributed by atoms with Gasteiger partial charge in [-0.3, -0.25) is 9.59 Å². The molecule has 0 saturated carbocycles. The number of amides is 3. The van der Waals surface area contributed by atoms with Gasteiger partial charge in [-0.1, -0.05) is 57.2 Å². The molecule has 4 aromatic rings. The number of nitrogens with one attached hydrogen (secondary N) is 3. The average Bonchev–Trinajstić information content (AvgIpc) is 3.62. The van der Waals surface area contributed by atoms with Crippen LogP contribution in [-0.2, 0) is 14.3 Å². The molecule has 9 nitrogen and oxygen atoms in total. The number of benzene rings is 3. The van der Waals surface area contributed by atoms with Gasteiger partial charge in [-0.25, -0.2) is 9.78 Å². The Morgan fingerprint density at radius 3 is 2.44 bits per heavy atom. The number of rotatable bonds is 8. The number of carbonyl (C=O) groups excluding carboxylic acids is 3. The molecule has 45 heavy (non-hydrogen) atoms. The summed E-state index contributed by atoms with van der Waals surface area (Å²) < 4.78 is 4.55. The van der Waals surface area contributed by atoms with E-state index in [-0.39, 0.29) is 33.8 Å². The van der Waals surface area contributed by atoms with Gasteiger partial charge in [-0.05, 0) is 70.8 Å². The Kier molecular flexibility index (Phi) is 8.35. The van der Waals surface area contributed by atoms with Gasteiger partial charge in [-0.15, -0.1) is 11.8 Å². The van der Waals surface area contributed by atoms with Crippen LogP contribution in [0.2, 0.25) is 0 Å². The monoisotopic (exact) mass is 625 g/mol. The maximum atomic E-state index is 13.8. The number of hydrogen-bond acceptors (Lipinski definition) is 6. The van der Waals surface area contributed by atoms with Gasteiger partial charge in [0.25, 0.3) is 5.91 Å². The van der Waals surface area contributed by atoms with Crippen molar-refractivity contribution in [2.45, 2.75) is 49.8 Å². The van der Waals surface area contributed by atoms with Gasteiger partial charge in [0.1, 0.15) is 22.0 Å². The zero-order chi connectivity index (χ0) is 31.9. The Morgan fingerprint density at radius 2 is 1.73 bits per heavy atom. The van der Waals surface area contributed by atoms with Crippen LogP contribution in [0.25, 0.3) is 33.2 Å². The minimum atomic E-state index is -0.653. The highest BCUT2D eigenvalue weighted by atomic mass is 32.2. The Hall–Kier alpha value is -4.31. The summed E-state index contributed by atoms with van der Waals surface area (Å²) in [6.07, 6.45) is 3.07. The largest absolute Gasteiger partial charge is 0.453 e. The van der Waals surface area contributed by atoms with E-state index >= 15 is 0 Å². The zero-order valence-electron chi connectivity index (χ0n) is 26.2. The lowest BCUT2D eigenvalue weighted by Crippen LogP contribution is -2.55. The first-order valence-electron chi connectivity index (χ1n) is 15.4. The van der Waals surface area contributed by atoms with Crippen molar-refractivity contribution in [1.82, 2.24) is 25.5 Å². The number of H-pyrrole nitrogens is 1. The van der Waals surface area contributed by atoms with Gasteiger partial charge < -0.3 is 25.3 Å². The van der Waals surface area contributed by atoms with E-state index in [1.807, 2.05) is 42.3 Å². The normalized spacial score (nSPS) is 20.3. The maximum absolute atomic E-state index is 13.8. The number of alkyl carbamates (subject to hydrolysis) is 1. The van der Waals surface area contributed by atoms with Crippen LogP contribution < -0.4 is 10.6 Å². The highest BCUT2D eigenvalue weighted by Gasteiger charge is 2.64. The first-order valence-corrected chi connectivity index (χ1v) is 16.3. The molecule has 4 unspecified atom stereocenters. The molecule has 234 valence electrons. The summed E-state index contributed by atoms with van der Waals surface area (Å²) in [5, 5.41) is 7.65. The average molecular weight is 626 g/mol. The van der Waals surface area contributed by atoms with Crippen LogP contribution in [0.4, 0.5) is 4.79 Å². The lowest BCUT2D eigenvalue weighted by atomic mass is 9.88. The third-order valence-electron chi connectivity index (χ3n) is 9.29. The predicted octanol–water partition coefficient (Wildman–Crippen LogP) is 6.16. The number of likely N-dealkylation sites (tertiary alicyclic amines) is 1. The van der Waals surface area contributed by atoms with Gasteiger partial charge in [0.2, 0.25) is 5.91 Å². The number of aromatic nitrogens is 2. The molecule has 0 spiro atoms. The molecule has 6 rings (SSSR count). The Balaban J connectivity index is 1.21. The first kappa shape index (κ1) is 30.7. The van der Waals surface area contributed by atoms with Gasteiger partial charge in [0.05, 0.1) is 19.0 Å². The molecule has 10 heteroatoms. The van der Waals surface area contributed by atoms with Crippen molar-refractivity contribution in [3.63, 3.8) is 0 Å². The molecule has 2 aliphatic heterocycles. The van der Waals surface area contributed by atoms with E-state index in [4.69, 9.17) is 9.72 Å². The molecule has 2 aliphatic rings. The van der Waals surface area contributed by atoms with Crippen molar-refractivity contribution in [3.8, 4) is 22.4 Å². The van der Waals surface area contributed by atoms with Crippen LogP contribution in [0.3, 0.4) is 0 Å². The highest BCUT2D eigenvalue weighted by Crippen LogP contribution is 2.66. The second kappa shape index (κ2) is 12.2. The number of fused-ring (bicyclic) bond motifs is 2. The summed E-state index contributed by atoms with van der Waals surface area (Å²) in [4.78, 5) is 48.4. The second-order valence-electron chi connectivity index (χ2n) is 12.3. The summed E-state index contributed by atoms with van der Waals surface area (Å²) in [6, 6.07) is 19.6. The molecular formula is C35H39N5O4S. The van der Waals surface area contributed by atoms with Crippen LogP contribution in [0.1, 0.15) is 49.8 Å². The molecule has 0 bridgehead atoms. The molecule has 1 aromatic heterocycles. The summed E-state index contributed by atoms with van der Waals surface area (Å²) in [5.74, 6) is 0.861. The maximum Gasteiger partial charge on any atom is 0.407 e. The highest BCUT2D eigenvalue weighted by molar-refractivity contribution is 8.08. The zero-order valence-corrected chi connectivity index (χ0v) is 27.0. The molecule has 3 heterocycles. The van der Waals surface area contributed by atoms with E-state index in [9.17, 15) is 14.4 Å². The molecular weight excluding hydrogens is 586 g/mol. The van der Waals surface area contributed by atoms with E-state index in [0.717, 1.165) is 51.8 Å². The van der Waals surface area contributed by atoms with Gasteiger partial charge in [-0.2, -0.15) is 0 Å². The van der Waals surface area contributed by atoms with E-state index in [1.54, 1.807) is 18.8 Å². The van der Waals surface area contributed by atoms with Crippen molar-refractivity contribution in [2.75, 3.05) is 20.7 Å². The van der Waals surface area contributed by atoms with Crippen molar-refractivity contribution in [3.05, 3.63) is 78.2 Å². The minimum Gasteiger partial charge on any atom is -0.453 e. The van der Waals surface area contributed by atoms with E-state index in [2.05, 4.69) is 65.9 Å². The number of nitrogens with zero attached hydrogens (tertiary/aromatic N) is 2. The SMILES string of the molecule is CNC(=O)c1cccc(-c2ccc3cc(-c4cnc(C56CCCN(C(=O)C(NC(=O)OC)C(C)C(C)C)C5S6)[nH]4)ccc3c2)c1. The van der Waals surface area contributed by atoms with Crippen molar-refractivity contribution in [2.24, 2.45) is 11.8 Å². The Bertz CT molecular complexity index is 1770. The van der Waals surface area contributed by atoms with Crippen LogP contribution >= 0.6 is 11.8 Å². The second-order valence-corrected chi connectivity index (χ2v) is 13.7.